The molecule has 2 aliphatic rings. The SMILES string of the molecule is NC1Cc2ccc3c(c2C1)C(=O)O3. The van der Waals surface area contributed by atoms with E-state index in [2.05, 4.69) is 0 Å². The molecule has 0 radical (unpaired) electrons. The zero-order valence-corrected chi connectivity index (χ0v) is 7.04. The molecule has 1 unspecified atom stereocenters. The van der Waals surface area contributed by atoms with Gasteiger partial charge in [0.2, 0.25) is 0 Å². The van der Waals surface area contributed by atoms with Crippen molar-refractivity contribution < 1.29 is 9.53 Å². The van der Waals surface area contributed by atoms with Gasteiger partial charge in [-0.05, 0) is 30.0 Å². The fraction of sp³-hybridized carbons (Fsp3) is 0.300. The van der Waals surface area contributed by atoms with Crippen LogP contribution in [0.2, 0.25) is 0 Å². The van der Waals surface area contributed by atoms with Gasteiger partial charge in [-0.25, -0.2) is 4.79 Å². The highest BCUT2D eigenvalue weighted by Gasteiger charge is 2.34. The number of fused-ring (bicyclic) bond motifs is 3. The summed E-state index contributed by atoms with van der Waals surface area (Å²) in [4.78, 5) is 11.1. The summed E-state index contributed by atoms with van der Waals surface area (Å²) in [5.74, 6) is 0.527. The van der Waals surface area contributed by atoms with E-state index in [-0.39, 0.29) is 12.0 Å². The van der Waals surface area contributed by atoms with E-state index in [0.717, 1.165) is 29.7 Å². The Kier molecular flexibility index (Phi) is 1.15. The number of benzene rings is 1. The van der Waals surface area contributed by atoms with Gasteiger partial charge in [0.15, 0.2) is 0 Å². The van der Waals surface area contributed by atoms with E-state index in [4.69, 9.17) is 10.5 Å². The van der Waals surface area contributed by atoms with E-state index < -0.39 is 0 Å². The van der Waals surface area contributed by atoms with Crippen LogP contribution in [0.1, 0.15) is 21.5 Å². The number of hydrogen-bond acceptors (Lipinski definition) is 3. The number of carbonyl (C=O) groups is 1. The first kappa shape index (κ1) is 7.09. The Balaban J connectivity index is 2.21. The van der Waals surface area contributed by atoms with Gasteiger partial charge in [0.25, 0.3) is 0 Å². The predicted molar refractivity (Wildman–Crippen MR) is 46.8 cm³/mol. The molecule has 1 aromatic carbocycles. The van der Waals surface area contributed by atoms with Gasteiger partial charge in [0.1, 0.15) is 11.3 Å². The highest BCUT2D eigenvalue weighted by atomic mass is 16.6. The fourth-order valence-electron chi connectivity index (χ4n) is 2.12. The molecule has 13 heavy (non-hydrogen) atoms. The van der Waals surface area contributed by atoms with Crippen molar-refractivity contribution in [3.63, 3.8) is 0 Å². The van der Waals surface area contributed by atoms with Crippen molar-refractivity contribution in [2.45, 2.75) is 18.9 Å². The second-order valence-corrected chi connectivity index (χ2v) is 3.63. The van der Waals surface area contributed by atoms with Crippen molar-refractivity contribution in [3.05, 3.63) is 28.8 Å². The Bertz CT molecular complexity index is 412. The molecule has 0 bridgehead atoms. The molecule has 0 fully saturated rings. The summed E-state index contributed by atoms with van der Waals surface area (Å²) in [6, 6.07) is 4.04. The highest BCUT2D eigenvalue weighted by molar-refractivity contribution is 6.03. The third-order valence-corrected chi connectivity index (χ3v) is 2.73. The van der Waals surface area contributed by atoms with Gasteiger partial charge in [-0.2, -0.15) is 0 Å². The lowest BCUT2D eigenvalue weighted by molar-refractivity contribution is 0.0657. The molecule has 1 aromatic rings. The first-order valence-electron chi connectivity index (χ1n) is 4.38. The molecule has 2 N–H and O–H groups in total. The lowest BCUT2D eigenvalue weighted by Gasteiger charge is -2.20. The topological polar surface area (TPSA) is 52.3 Å². The minimum Gasteiger partial charge on any atom is -0.422 e. The molecule has 0 saturated heterocycles. The second kappa shape index (κ2) is 2.12. The van der Waals surface area contributed by atoms with Crippen molar-refractivity contribution in [1.29, 1.82) is 0 Å². The molecule has 66 valence electrons. The van der Waals surface area contributed by atoms with Crippen molar-refractivity contribution in [2.24, 2.45) is 5.73 Å². The summed E-state index contributed by atoms with van der Waals surface area (Å²) >= 11 is 0. The Morgan fingerprint density at radius 2 is 2.23 bits per heavy atom. The van der Waals surface area contributed by atoms with Gasteiger partial charge >= 0.3 is 5.97 Å². The third-order valence-electron chi connectivity index (χ3n) is 2.73. The quantitative estimate of drug-likeness (QED) is 0.589. The van der Waals surface area contributed by atoms with Crippen LogP contribution in [0.15, 0.2) is 12.1 Å². The molecule has 1 aliphatic heterocycles. The molecular weight excluding hydrogens is 166 g/mol. The maximum absolute atomic E-state index is 11.1. The lowest BCUT2D eigenvalue weighted by atomic mass is 9.99. The second-order valence-electron chi connectivity index (χ2n) is 3.63. The summed E-state index contributed by atoms with van der Waals surface area (Å²) < 4.78 is 4.87. The molecule has 1 heterocycles. The molecule has 0 spiro atoms. The van der Waals surface area contributed by atoms with Crippen LogP contribution in [-0.2, 0) is 12.8 Å². The predicted octanol–water partition coefficient (Wildman–Crippen LogP) is 0.645. The van der Waals surface area contributed by atoms with E-state index in [9.17, 15) is 4.79 Å². The molecule has 3 rings (SSSR count). The van der Waals surface area contributed by atoms with E-state index in [0.29, 0.717) is 0 Å². The van der Waals surface area contributed by atoms with Crippen LogP contribution >= 0.6 is 0 Å². The molecule has 0 aromatic heterocycles. The van der Waals surface area contributed by atoms with E-state index in [1.54, 1.807) is 0 Å². The van der Waals surface area contributed by atoms with E-state index in [1.807, 2.05) is 12.1 Å². The van der Waals surface area contributed by atoms with Crippen molar-refractivity contribution in [1.82, 2.24) is 0 Å². The van der Waals surface area contributed by atoms with Gasteiger partial charge in [-0.15, -0.1) is 0 Å². The van der Waals surface area contributed by atoms with E-state index >= 15 is 0 Å². The number of rotatable bonds is 0. The number of nitrogens with two attached hydrogens (primary N) is 1. The fourth-order valence-corrected chi connectivity index (χ4v) is 2.12. The normalized spacial score (nSPS) is 23.2. The standard InChI is InChI=1S/C10H9NO2/c11-6-3-5-1-2-8-9(7(5)4-6)10(12)13-8/h1-2,6H,3-4,11H2. The highest BCUT2D eigenvalue weighted by Crippen LogP contribution is 2.37. The molecule has 0 saturated carbocycles. The number of esters is 1. The summed E-state index contributed by atoms with van der Waals surface area (Å²) in [6.07, 6.45) is 1.70. The maximum atomic E-state index is 11.1. The van der Waals surface area contributed by atoms with Gasteiger partial charge in [0, 0.05) is 6.04 Å². The summed E-state index contributed by atoms with van der Waals surface area (Å²) in [5.41, 5.74) is 8.91. The van der Waals surface area contributed by atoms with Crippen molar-refractivity contribution in [2.75, 3.05) is 0 Å². The smallest absolute Gasteiger partial charge is 0.347 e. The zero-order valence-electron chi connectivity index (χ0n) is 7.04. The number of ether oxygens (including phenoxy) is 1. The molecule has 3 heteroatoms. The van der Waals surface area contributed by atoms with Crippen LogP contribution in [0.25, 0.3) is 0 Å². The molecule has 1 aliphatic carbocycles. The Hall–Kier alpha value is -1.35. The minimum absolute atomic E-state index is 0.176. The monoisotopic (exact) mass is 175 g/mol. The zero-order chi connectivity index (χ0) is 9.00. The van der Waals surface area contributed by atoms with Gasteiger partial charge < -0.3 is 10.5 Å². The summed E-state index contributed by atoms with van der Waals surface area (Å²) in [5, 5.41) is 0. The van der Waals surface area contributed by atoms with Crippen LogP contribution in [0.4, 0.5) is 0 Å². The summed E-state index contributed by atoms with van der Waals surface area (Å²) in [6.45, 7) is 0. The maximum Gasteiger partial charge on any atom is 0.347 e. The van der Waals surface area contributed by atoms with Crippen LogP contribution in [0, 0.1) is 0 Å². The largest absolute Gasteiger partial charge is 0.422 e. The average molecular weight is 175 g/mol. The Morgan fingerprint density at radius 3 is 3.00 bits per heavy atom. The molecule has 0 amide bonds. The minimum atomic E-state index is -0.194. The Labute approximate surface area is 75.5 Å². The number of hydrogen-bond donors (Lipinski definition) is 1. The van der Waals surface area contributed by atoms with Gasteiger partial charge in [0.05, 0.1) is 0 Å². The van der Waals surface area contributed by atoms with Crippen molar-refractivity contribution in [3.8, 4) is 5.75 Å². The first-order valence-corrected chi connectivity index (χ1v) is 4.38. The van der Waals surface area contributed by atoms with E-state index in [1.165, 1.54) is 5.56 Å². The van der Waals surface area contributed by atoms with Crippen LogP contribution in [0.3, 0.4) is 0 Å². The lowest BCUT2D eigenvalue weighted by Crippen LogP contribution is -2.24. The summed E-state index contributed by atoms with van der Waals surface area (Å²) in [7, 11) is 0. The number of carbonyl (C=O) groups excluding carboxylic acids is 1. The molecular formula is C10H9NO2. The van der Waals surface area contributed by atoms with Crippen LogP contribution in [0.5, 0.6) is 5.75 Å². The molecule has 3 nitrogen and oxygen atoms in total. The van der Waals surface area contributed by atoms with Crippen LogP contribution < -0.4 is 10.5 Å². The van der Waals surface area contributed by atoms with Gasteiger partial charge in [-0.3, -0.25) is 0 Å². The molecule has 1 atom stereocenters. The first-order chi connectivity index (χ1) is 6.25. The average Bonchev–Trinajstić information content (AvgIpc) is 2.40. The third kappa shape index (κ3) is 0.795. The van der Waals surface area contributed by atoms with Gasteiger partial charge in [-0.1, -0.05) is 6.07 Å². The Morgan fingerprint density at radius 1 is 1.38 bits per heavy atom. The van der Waals surface area contributed by atoms with Crippen molar-refractivity contribution >= 4 is 5.97 Å². The van der Waals surface area contributed by atoms with Crippen LogP contribution in [-0.4, -0.2) is 12.0 Å².